The van der Waals surface area contributed by atoms with E-state index in [1.807, 2.05) is 54.8 Å². The first kappa shape index (κ1) is 11.6. The highest BCUT2D eigenvalue weighted by Crippen LogP contribution is 2.26. The minimum Gasteiger partial charge on any atom is -0.267 e. The molecule has 0 aliphatic heterocycles. The van der Waals surface area contributed by atoms with Crippen LogP contribution in [0.4, 0.5) is 0 Å². The van der Waals surface area contributed by atoms with Gasteiger partial charge in [0.25, 0.3) is 5.56 Å². The fourth-order valence-corrected chi connectivity index (χ4v) is 3.60. The van der Waals surface area contributed by atoms with Crippen LogP contribution in [-0.2, 0) is 0 Å². The van der Waals surface area contributed by atoms with Gasteiger partial charge in [-0.15, -0.1) is 11.8 Å². The van der Waals surface area contributed by atoms with Gasteiger partial charge in [-0.1, -0.05) is 35.8 Å². The van der Waals surface area contributed by atoms with Crippen LogP contribution in [-0.4, -0.2) is 10.2 Å². The first-order valence-corrected chi connectivity index (χ1v) is 7.55. The summed E-state index contributed by atoms with van der Waals surface area (Å²) < 4.78 is 2.80. The Labute approximate surface area is 113 Å². The summed E-state index contributed by atoms with van der Waals surface area (Å²) in [7, 11) is 0. The van der Waals surface area contributed by atoms with E-state index in [9.17, 15) is 4.79 Å². The monoisotopic (exact) mass is 273 g/mol. The van der Waals surface area contributed by atoms with Gasteiger partial charge in [0.2, 0.25) is 0 Å². The molecule has 0 unspecified atom stereocenters. The Hall–Kier alpha value is -1.52. The maximum absolute atomic E-state index is 12.4. The van der Waals surface area contributed by atoms with Crippen LogP contribution in [0.5, 0.6) is 0 Å². The van der Waals surface area contributed by atoms with Crippen LogP contribution in [0.3, 0.4) is 0 Å². The average molecular weight is 273 g/mol. The first-order valence-electron chi connectivity index (χ1n) is 5.56. The zero-order valence-corrected chi connectivity index (χ0v) is 11.4. The number of hydrogen-bond donors (Lipinski definition) is 0. The molecule has 0 fully saturated rings. The molecule has 0 saturated heterocycles. The quantitative estimate of drug-likeness (QED) is 0.663. The zero-order valence-electron chi connectivity index (χ0n) is 9.79. The van der Waals surface area contributed by atoms with Crippen molar-refractivity contribution >= 4 is 33.4 Å². The van der Waals surface area contributed by atoms with Crippen molar-refractivity contribution in [1.82, 2.24) is 3.96 Å². The van der Waals surface area contributed by atoms with E-state index in [4.69, 9.17) is 0 Å². The van der Waals surface area contributed by atoms with Crippen LogP contribution in [0.15, 0.2) is 58.2 Å². The van der Waals surface area contributed by atoms with Crippen molar-refractivity contribution in [2.24, 2.45) is 0 Å². The van der Waals surface area contributed by atoms with E-state index in [0.717, 1.165) is 20.7 Å². The number of nitrogens with zero attached hydrogens (tertiary/aromatic N) is 1. The van der Waals surface area contributed by atoms with E-state index >= 15 is 0 Å². The molecule has 0 atom stereocenters. The second-order valence-corrected chi connectivity index (χ2v) is 5.69. The Kier molecular flexibility index (Phi) is 2.97. The maximum atomic E-state index is 12.4. The summed E-state index contributed by atoms with van der Waals surface area (Å²) in [6, 6.07) is 15.7. The molecular weight excluding hydrogens is 262 g/mol. The fourth-order valence-electron chi connectivity index (χ4n) is 1.93. The van der Waals surface area contributed by atoms with E-state index < -0.39 is 0 Å². The Balaban J connectivity index is 2.32. The van der Waals surface area contributed by atoms with Crippen LogP contribution in [0.2, 0.25) is 0 Å². The highest BCUT2D eigenvalue weighted by atomic mass is 32.2. The molecule has 0 spiro atoms. The van der Waals surface area contributed by atoms with E-state index in [1.165, 1.54) is 11.5 Å². The minimum atomic E-state index is 0.0668. The molecule has 3 aromatic rings. The van der Waals surface area contributed by atoms with Gasteiger partial charge >= 0.3 is 0 Å². The topological polar surface area (TPSA) is 22.0 Å². The Morgan fingerprint density at radius 2 is 1.78 bits per heavy atom. The van der Waals surface area contributed by atoms with Crippen molar-refractivity contribution in [2.45, 2.75) is 4.90 Å². The summed E-state index contributed by atoms with van der Waals surface area (Å²) in [5, 5.41) is 0.790. The van der Waals surface area contributed by atoms with Crippen LogP contribution in [0, 0.1) is 0 Å². The molecule has 0 aliphatic rings. The van der Waals surface area contributed by atoms with Crippen molar-refractivity contribution in [3.63, 3.8) is 0 Å². The van der Waals surface area contributed by atoms with Crippen molar-refractivity contribution in [2.75, 3.05) is 6.26 Å². The van der Waals surface area contributed by atoms with Crippen LogP contribution in [0.25, 0.3) is 15.8 Å². The number of fused-ring (bicyclic) bond motifs is 1. The summed E-state index contributed by atoms with van der Waals surface area (Å²) in [6.07, 6.45) is 2.02. The summed E-state index contributed by atoms with van der Waals surface area (Å²) in [6.45, 7) is 0. The molecule has 90 valence electrons. The number of rotatable bonds is 2. The predicted molar refractivity (Wildman–Crippen MR) is 79.2 cm³/mol. The Morgan fingerprint density at radius 1 is 1.06 bits per heavy atom. The number of para-hydroxylation sites is 1. The third-order valence-electron chi connectivity index (χ3n) is 2.80. The summed E-state index contributed by atoms with van der Waals surface area (Å²) >= 11 is 3.15. The van der Waals surface area contributed by atoms with Crippen molar-refractivity contribution in [3.05, 3.63) is 58.9 Å². The summed E-state index contributed by atoms with van der Waals surface area (Å²) in [5.74, 6) is 0. The molecule has 4 heteroatoms. The minimum absolute atomic E-state index is 0.0668. The van der Waals surface area contributed by atoms with Gasteiger partial charge in [-0.3, -0.25) is 4.79 Å². The molecule has 18 heavy (non-hydrogen) atoms. The smallest absolute Gasteiger partial charge is 0.267 e. The van der Waals surface area contributed by atoms with Gasteiger partial charge < -0.3 is 0 Å². The third kappa shape index (κ3) is 1.78. The predicted octanol–water partition coefficient (Wildman–Crippen LogP) is 3.77. The second-order valence-electron chi connectivity index (χ2n) is 3.86. The lowest BCUT2D eigenvalue weighted by molar-refractivity contribution is 1.10. The molecule has 2 aromatic carbocycles. The molecule has 1 heterocycles. The highest BCUT2D eigenvalue weighted by molar-refractivity contribution is 7.98. The van der Waals surface area contributed by atoms with Crippen LogP contribution in [0.1, 0.15) is 0 Å². The Morgan fingerprint density at radius 3 is 2.56 bits per heavy atom. The molecule has 0 amide bonds. The third-order valence-corrected chi connectivity index (χ3v) is 4.68. The molecular formula is C14H11NOS2. The van der Waals surface area contributed by atoms with E-state index in [-0.39, 0.29) is 5.56 Å². The molecule has 3 rings (SSSR count). The zero-order chi connectivity index (χ0) is 12.5. The van der Waals surface area contributed by atoms with Gasteiger partial charge in [-0.05, 0) is 30.5 Å². The van der Waals surface area contributed by atoms with E-state index in [0.29, 0.717) is 0 Å². The summed E-state index contributed by atoms with van der Waals surface area (Å²) in [4.78, 5) is 13.5. The number of benzene rings is 2. The van der Waals surface area contributed by atoms with Crippen molar-refractivity contribution < 1.29 is 0 Å². The van der Waals surface area contributed by atoms with E-state index in [1.54, 1.807) is 15.7 Å². The fraction of sp³-hybridized carbons (Fsp3) is 0.0714. The van der Waals surface area contributed by atoms with Gasteiger partial charge in [0.15, 0.2) is 0 Å². The number of thioether (sulfide) groups is 1. The first-order chi connectivity index (χ1) is 8.81. The summed E-state index contributed by atoms with van der Waals surface area (Å²) in [5.41, 5.74) is 1.04. The number of aromatic nitrogens is 1. The van der Waals surface area contributed by atoms with Gasteiger partial charge in [0.05, 0.1) is 15.8 Å². The molecule has 0 N–H and O–H groups in total. The molecule has 1 aromatic heterocycles. The lowest BCUT2D eigenvalue weighted by atomic mass is 10.3. The molecule has 0 bridgehead atoms. The van der Waals surface area contributed by atoms with Gasteiger partial charge in [-0.2, -0.15) is 0 Å². The Bertz CT molecular complexity index is 758. The van der Waals surface area contributed by atoms with Gasteiger partial charge in [-0.25, -0.2) is 3.96 Å². The lowest BCUT2D eigenvalue weighted by Gasteiger charge is -2.05. The average Bonchev–Trinajstić information content (AvgIpc) is 2.76. The standard InChI is InChI=1S/C14H11NOS2/c1-17-13-9-5-3-7-11(13)15-14(16)10-6-2-4-8-12(10)18-15/h2-9H,1H3. The van der Waals surface area contributed by atoms with Gasteiger partial charge in [0, 0.05) is 4.90 Å². The maximum Gasteiger partial charge on any atom is 0.273 e. The van der Waals surface area contributed by atoms with Gasteiger partial charge in [0.1, 0.15) is 0 Å². The normalized spacial score (nSPS) is 10.9. The molecule has 0 saturated carbocycles. The molecule has 0 radical (unpaired) electrons. The second kappa shape index (κ2) is 4.63. The van der Waals surface area contributed by atoms with Crippen LogP contribution < -0.4 is 5.56 Å². The van der Waals surface area contributed by atoms with E-state index in [2.05, 4.69) is 0 Å². The van der Waals surface area contributed by atoms with Crippen molar-refractivity contribution in [3.8, 4) is 5.69 Å². The SMILES string of the molecule is CSc1ccccc1-n1sc2ccccc2c1=O. The largest absolute Gasteiger partial charge is 0.273 e. The van der Waals surface area contributed by atoms with Crippen molar-refractivity contribution in [1.29, 1.82) is 0 Å². The molecule has 0 aliphatic carbocycles. The van der Waals surface area contributed by atoms with Crippen LogP contribution >= 0.6 is 23.3 Å². The highest BCUT2D eigenvalue weighted by Gasteiger charge is 2.10. The number of hydrogen-bond acceptors (Lipinski definition) is 3. The lowest BCUT2D eigenvalue weighted by Crippen LogP contribution is -2.11. The molecule has 2 nitrogen and oxygen atoms in total.